The summed E-state index contributed by atoms with van der Waals surface area (Å²) in [6.07, 6.45) is -9.48. The number of aliphatic carboxylic acids is 1. The predicted octanol–water partition coefficient (Wildman–Crippen LogP) is 7.55. The van der Waals surface area contributed by atoms with Crippen molar-refractivity contribution in [3.05, 3.63) is 75.9 Å². The number of carbonyl (C=O) groups is 1. The van der Waals surface area contributed by atoms with E-state index in [0.29, 0.717) is 12.3 Å². The number of rotatable bonds is 9. The predicted molar refractivity (Wildman–Crippen MR) is 153 cm³/mol. The lowest BCUT2D eigenvalue weighted by Crippen LogP contribution is -2.44. The number of ether oxygens (including phenoxy) is 2. The van der Waals surface area contributed by atoms with Crippen molar-refractivity contribution >= 4 is 44.9 Å². The van der Waals surface area contributed by atoms with Crippen LogP contribution in [0.2, 0.25) is 5.02 Å². The number of carboxylic acid groups (broad SMARTS) is 1. The van der Waals surface area contributed by atoms with Gasteiger partial charge in [0.1, 0.15) is 11.9 Å². The van der Waals surface area contributed by atoms with E-state index in [0.717, 1.165) is 16.4 Å². The molecule has 0 saturated carbocycles. The lowest BCUT2D eigenvalue weighted by molar-refractivity contribution is -0.138. The fourth-order valence-electron chi connectivity index (χ4n) is 4.70. The van der Waals surface area contributed by atoms with Gasteiger partial charge in [0.15, 0.2) is 4.90 Å². The zero-order chi connectivity index (χ0) is 33.3. The molecule has 0 amide bonds. The van der Waals surface area contributed by atoms with Crippen LogP contribution in [-0.4, -0.2) is 43.7 Å². The molecule has 0 aliphatic carbocycles. The maximum atomic E-state index is 14.1. The van der Waals surface area contributed by atoms with Crippen molar-refractivity contribution in [1.82, 2.24) is 4.98 Å². The standard InChI is InChI=1S/C29H25ClF6N2O6S/c1-3-43-27-24(13-18(14-37-27)28(31,32)33)45(41,42)38-15-19(8-10-25(39)40)44-23-9-7-17(12-22(23)38)11-16(2)26-20(29(34,35)36)5-4-6-21(26)30/h4-7,9,11-14,19H,3,8,10,15H2,1-2H3,(H,39,40). The van der Waals surface area contributed by atoms with Crippen LogP contribution in [-0.2, 0) is 27.2 Å². The van der Waals surface area contributed by atoms with Gasteiger partial charge in [-0.25, -0.2) is 13.4 Å². The van der Waals surface area contributed by atoms with Crippen LogP contribution in [0.15, 0.2) is 53.6 Å². The van der Waals surface area contributed by atoms with Gasteiger partial charge in [-0.1, -0.05) is 29.8 Å². The van der Waals surface area contributed by atoms with Crippen molar-refractivity contribution in [3.8, 4) is 11.6 Å². The van der Waals surface area contributed by atoms with Crippen molar-refractivity contribution in [2.45, 2.75) is 50.0 Å². The molecule has 2 aromatic carbocycles. The Morgan fingerprint density at radius 3 is 2.49 bits per heavy atom. The Hall–Kier alpha value is -3.98. The zero-order valence-corrected chi connectivity index (χ0v) is 25.1. The molecule has 3 aromatic rings. The van der Waals surface area contributed by atoms with Crippen molar-refractivity contribution in [2.75, 3.05) is 17.5 Å². The van der Waals surface area contributed by atoms with Gasteiger partial charge in [0, 0.05) is 23.2 Å². The number of carboxylic acids is 1. The molecule has 4 rings (SSSR count). The zero-order valence-electron chi connectivity index (χ0n) is 23.5. The molecule has 45 heavy (non-hydrogen) atoms. The first-order valence-electron chi connectivity index (χ1n) is 13.2. The van der Waals surface area contributed by atoms with E-state index >= 15 is 0 Å². The third kappa shape index (κ3) is 7.47. The Balaban J connectivity index is 1.88. The molecule has 0 radical (unpaired) electrons. The lowest BCUT2D eigenvalue weighted by Gasteiger charge is -2.36. The molecule has 0 saturated heterocycles. The SMILES string of the molecule is CCOc1ncc(C(F)(F)F)cc1S(=O)(=O)N1CC(CCC(=O)O)Oc2ccc(C=C(C)c3c(Cl)cccc3C(F)(F)F)cc21. The topological polar surface area (TPSA) is 106 Å². The smallest absolute Gasteiger partial charge is 0.417 e. The maximum Gasteiger partial charge on any atom is 0.417 e. The summed E-state index contributed by atoms with van der Waals surface area (Å²) in [5.74, 6) is -1.83. The Kier molecular flexibility index (Phi) is 9.64. The third-order valence-electron chi connectivity index (χ3n) is 6.69. The van der Waals surface area contributed by atoms with Gasteiger partial charge in [0.25, 0.3) is 10.0 Å². The highest BCUT2D eigenvalue weighted by atomic mass is 35.5. The third-order valence-corrected chi connectivity index (χ3v) is 8.78. The fraction of sp³-hybridized carbons (Fsp3) is 0.310. The Morgan fingerprint density at radius 2 is 1.87 bits per heavy atom. The molecular formula is C29H25ClF6N2O6S. The lowest BCUT2D eigenvalue weighted by atomic mass is 9.98. The fourth-order valence-corrected chi connectivity index (χ4v) is 6.63. The van der Waals surface area contributed by atoms with Gasteiger partial charge < -0.3 is 14.6 Å². The molecule has 242 valence electrons. The molecule has 8 nitrogen and oxygen atoms in total. The van der Waals surface area contributed by atoms with Crippen LogP contribution in [0.5, 0.6) is 11.6 Å². The summed E-state index contributed by atoms with van der Waals surface area (Å²) in [5, 5.41) is 8.97. The van der Waals surface area contributed by atoms with Crippen molar-refractivity contribution in [3.63, 3.8) is 0 Å². The largest absolute Gasteiger partial charge is 0.486 e. The number of pyridine rings is 1. The summed E-state index contributed by atoms with van der Waals surface area (Å²) < 4.78 is 122. The van der Waals surface area contributed by atoms with Crippen LogP contribution in [0.4, 0.5) is 32.0 Å². The van der Waals surface area contributed by atoms with Gasteiger partial charge in [0.2, 0.25) is 5.88 Å². The van der Waals surface area contributed by atoms with Gasteiger partial charge in [-0.3, -0.25) is 9.10 Å². The molecule has 1 aliphatic heterocycles. The Labute approximate surface area is 258 Å². The van der Waals surface area contributed by atoms with E-state index in [-0.39, 0.29) is 46.2 Å². The monoisotopic (exact) mass is 678 g/mol. The summed E-state index contributed by atoms with van der Waals surface area (Å²) in [6.45, 7) is 2.23. The Morgan fingerprint density at radius 1 is 1.16 bits per heavy atom. The van der Waals surface area contributed by atoms with Gasteiger partial charge in [0.05, 0.1) is 30.0 Å². The Bertz CT molecular complexity index is 1740. The van der Waals surface area contributed by atoms with E-state index in [4.69, 9.17) is 26.2 Å². The number of nitrogens with zero attached hydrogens (tertiary/aromatic N) is 2. The minimum absolute atomic E-state index is 0.0540. The maximum absolute atomic E-state index is 14.1. The van der Waals surface area contributed by atoms with Gasteiger partial charge in [-0.05, 0) is 61.7 Å². The molecule has 0 bridgehead atoms. The summed E-state index contributed by atoms with van der Waals surface area (Å²) in [4.78, 5) is 13.9. The number of anilines is 1. The molecule has 1 atom stereocenters. The second kappa shape index (κ2) is 12.8. The highest BCUT2D eigenvalue weighted by molar-refractivity contribution is 7.93. The van der Waals surface area contributed by atoms with Gasteiger partial charge >= 0.3 is 18.3 Å². The van der Waals surface area contributed by atoms with Gasteiger partial charge in [-0.15, -0.1) is 0 Å². The number of hydrogen-bond acceptors (Lipinski definition) is 6. The van der Waals surface area contributed by atoms with E-state index in [1.54, 1.807) is 0 Å². The summed E-state index contributed by atoms with van der Waals surface area (Å²) >= 11 is 6.13. The van der Waals surface area contributed by atoms with Crippen LogP contribution in [0.1, 0.15) is 48.9 Å². The molecular weight excluding hydrogens is 654 g/mol. The normalized spacial score (nSPS) is 15.8. The number of allylic oxidation sites excluding steroid dienone is 1. The van der Waals surface area contributed by atoms with E-state index in [2.05, 4.69) is 4.98 Å². The molecule has 1 aliphatic rings. The summed E-state index contributed by atoms with van der Waals surface area (Å²) in [7, 11) is -4.88. The number of hydrogen-bond donors (Lipinski definition) is 1. The van der Waals surface area contributed by atoms with Crippen LogP contribution in [0.25, 0.3) is 11.6 Å². The van der Waals surface area contributed by atoms with Crippen LogP contribution >= 0.6 is 11.6 Å². The second-order valence-corrected chi connectivity index (χ2v) is 12.1. The van der Waals surface area contributed by atoms with Gasteiger partial charge in [-0.2, -0.15) is 26.3 Å². The van der Waals surface area contributed by atoms with E-state index < -0.39 is 69.3 Å². The second-order valence-electron chi connectivity index (χ2n) is 9.88. The molecule has 2 heterocycles. The highest BCUT2D eigenvalue weighted by Crippen LogP contribution is 2.43. The average molecular weight is 679 g/mol. The van der Waals surface area contributed by atoms with Crippen molar-refractivity contribution < 1.29 is 54.1 Å². The molecule has 0 spiro atoms. The number of benzene rings is 2. The minimum Gasteiger partial charge on any atom is -0.486 e. The van der Waals surface area contributed by atoms with Crippen LogP contribution in [0, 0.1) is 0 Å². The van der Waals surface area contributed by atoms with E-state index in [9.17, 15) is 39.6 Å². The highest BCUT2D eigenvalue weighted by Gasteiger charge is 2.40. The molecule has 1 aromatic heterocycles. The number of halogens is 7. The first-order valence-corrected chi connectivity index (χ1v) is 15.0. The number of sulfonamides is 1. The van der Waals surface area contributed by atoms with Crippen LogP contribution in [0.3, 0.4) is 0 Å². The summed E-state index contributed by atoms with van der Waals surface area (Å²) in [5.41, 5.74) is -2.50. The van der Waals surface area contributed by atoms with Crippen molar-refractivity contribution in [1.29, 1.82) is 0 Å². The summed E-state index contributed by atoms with van der Waals surface area (Å²) in [6, 6.07) is 7.72. The minimum atomic E-state index is -4.95. The van der Waals surface area contributed by atoms with E-state index in [1.807, 2.05) is 0 Å². The first kappa shape index (κ1) is 33.9. The quantitative estimate of drug-likeness (QED) is 0.184. The number of fused-ring (bicyclic) bond motifs is 1. The molecule has 16 heteroatoms. The van der Waals surface area contributed by atoms with Crippen molar-refractivity contribution in [2.24, 2.45) is 0 Å². The number of alkyl halides is 6. The first-order chi connectivity index (χ1) is 20.9. The number of aromatic nitrogens is 1. The van der Waals surface area contributed by atoms with E-state index in [1.165, 1.54) is 44.2 Å². The molecule has 1 N–H and O–H groups in total. The average Bonchev–Trinajstić information content (AvgIpc) is 2.94. The molecule has 1 unspecified atom stereocenters. The molecule has 0 fully saturated rings. The van der Waals surface area contributed by atoms with Crippen LogP contribution < -0.4 is 13.8 Å².